The summed E-state index contributed by atoms with van der Waals surface area (Å²) in [6, 6.07) is 0. The number of rotatable bonds is 2. The molecule has 0 spiro atoms. The highest BCUT2D eigenvalue weighted by molar-refractivity contribution is 4.92. The molecular formula is C9H18F2N2. The Hall–Kier alpha value is -0.220. The number of hydrogen-bond acceptors (Lipinski definition) is 2. The third-order valence-corrected chi connectivity index (χ3v) is 3.02. The van der Waals surface area contributed by atoms with E-state index in [0.717, 1.165) is 19.5 Å². The lowest BCUT2D eigenvalue weighted by atomic mass is 9.91. The molecule has 1 fully saturated rings. The third kappa shape index (κ3) is 2.38. The lowest BCUT2D eigenvalue weighted by molar-refractivity contribution is 0.0253. The number of nitrogens with zero attached hydrogens (tertiary/aromatic N) is 1. The van der Waals surface area contributed by atoms with Crippen LogP contribution in [0.2, 0.25) is 0 Å². The van der Waals surface area contributed by atoms with Gasteiger partial charge in [0.1, 0.15) is 0 Å². The van der Waals surface area contributed by atoms with Gasteiger partial charge in [0.2, 0.25) is 0 Å². The number of likely N-dealkylation sites (tertiary alicyclic amines) is 1. The summed E-state index contributed by atoms with van der Waals surface area (Å²) in [5, 5.41) is 2.80. The van der Waals surface area contributed by atoms with Crippen molar-refractivity contribution in [2.45, 2.75) is 31.2 Å². The van der Waals surface area contributed by atoms with Crippen molar-refractivity contribution in [2.24, 2.45) is 0 Å². The van der Waals surface area contributed by atoms with Crippen LogP contribution in [-0.2, 0) is 0 Å². The highest BCUT2D eigenvalue weighted by atomic mass is 19.3. The molecule has 0 aromatic carbocycles. The average Bonchev–Trinajstić information content (AvgIpc) is 2.28. The van der Waals surface area contributed by atoms with Gasteiger partial charge in [0, 0.05) is 0 Å². The van der Waals surface area contributed by atoms with Gasteiger partial charge < -0.3 is 10.2 Å². The molecule has 1 saturated heterocycles. The second kappa shape index (κ2) is 4.33. The minimum Gasteiger partial charge on any atom is -0.309 e. The summed E-state index contributed by atoms with van der Waals surface area (Å²) in [4.78, 5) is 2.11. The van der Waals surface area contributed by atoms with E-state index >= 15 is 0 Å². The number of nitrogens with one attached hydrogen (secondary N) is 1. The fraction of sp³-hybridized carbons (Fsp3) is 1.00. The van der Waals surface area contributed by atoms with E-state index in [4.69, 9.17) is 0 Å². The zero-order chi connectivity index (χ0) is 9.90. The quantitative estimate of drug-likeness (QED) is 0.710. The highest BCUT2D eigenvalue weighted by Gasteiger charge is 2.38. The van der Waals surface area contributed by atoms with E-state index in [0.29, 0.717) is 12.8 Å². The Morgan fingerprint density at radius 3 is 2.54 bits per heavy atom. The largest absolute Gasteiger partial charge is 0.309 e. The van der Waals surface area contributed by atoms with Crippen LogP contribution < -0.4 is 5.32 Å². The smallest absolute Gasteiger partial charge is 0.256 e. The molecule has 1 aliphatic rings. The fourth-order valence-electron chi connectivity index (χ4n) is 1.87. The normalized spacial score (nSPS) is 32.1. The van der Waals surface area contributed by atoms with Crippen molar-refractivity contribution in [3.8, 4) is 0 Å². The third-order valence-electron chi connectivity index (χ3n) is 3.02. The van der Waals surface area contributed by atoms with Crippen LogP contribution in [0.15, 0.2) is 0 Å². The van der Waals surface area contributed by atoms with Crippen molar-refractivity contribution in [3.05, 3.63) is 0 Å². The van der Waals surface area contributed by atoms with Crippen LogP contribution in [0.3, 0.4) is 0 Å². The molecule has 1 aliphatic heterocycles. The maximum absolute atomic E-state index is 12.8. The first kappa shape index (κ1) is 10.9. The lowest BCUT2D eigenvalue weighted by Crippen LogP contribution is -2.50. The topological polar surface area (TPSA) is 15.3 Å². The van der Waals surface area contributed by atoms with Gasteiger partial charge in [0.05, 0.1) is 5.54 Å². The summed E-state index contributed by atoms with van der Waals surface area (Å²) >= 11 is 0. The first-order valence-electron chi connectivity index (χ1n) is 4.76. The van der Waals surface area contributed by atoms with Crippen molar-refractivity contribution in [2.75, 3.05) is 27.2 Å². The molecule has 0 bridgehead atoms. The van der Waals surface area contributed by atoms with E-state index in [1.807, 2.05) is 7.05 Å². The van der Waals surface area contributed by atoms with Gasteiger partial charge in [-0.25, -0.2) is 8.78 Å². The van der Waals surface area contributed by atoms with Gasteiger partial charge in [-0.2, -0.15) is 0 Å². The molecule has 13 heavy (non-hydrogen) atoms. The van der Waals surface area contributed by atoms with Crippen LogP contribution >= 0.6 is 0 Å². The zero-order valence-corrected chi connectivity index (χ0v) is 8.32. The summed E-state index contributed by atoms with van der Waals surface area (Å²) < 4.78 is 25.6. The second-order valence-electron chi connectivity index (χ2n) is 3.86. The number of halogens is 2. The summed E-state index contributed by atoms with van der Waals surface area (Å²) in [6.07, 6.45) is -0.297. The SMILES string of the molecule is CNC1(C(F)F)CCCN(C)CC1. The molecule has 4 heteroatoms. The Morgan fingerprint density at radius 1 is 1.31 bits per heavy atom. The van der Waals surface area contributed by atoms with Crippen LogP contribution in [0.25, 0.3) is 0 Å². The summed E-state index contributed by atoms with van der Waals surface area (Å²) in [7, 11) is 3.62. The van der Waals surface area contributed by atoms with Crippen LogP contribution in [0.4, 0.5) is 8.78 Å². The summed E-state index contributed by atoms with van der Waals surface area (Å²) in [5.74, 6) is 0. The molecule has 1 N–H and O–H groups in total. The van der Waals surface area contributed by atoms with E-state index in [2.05, 4.69) is 10.2 Å². The molecule has 1 heterocycles. The standard InChI is InChI=1S/C9H18F2N2/c1-12-9(8(10)11)4-3-6-13(2)7-5-9/h8,12H,3-7H2,1-2H3. The minimum absolute atomic E-state index is 0.539. The van der Waals surface area contributed by atoms with Gasteiger partial charge in [-0.15, -0.1) is 0 Å². The van der Waals surface area contributed by atoms with E-state index in [1.54, 1.807) is 7.05 Å². The summed E-state index contributed by atoms with van der Waals surface area (Å²) in [6.45, 7) is 1.68. The van der Waals surface area contributed by atoms with Crippen LogP contribution in [-0.4, -0.2) is 44.0 Å². The lowest BCUT2D eigenvalue weighted by Gasteiger charge is -2.31. The fourth-order valence-corrected chi connectivity index (χ4v) is 1.87. The maximum Gasteiger partial charge on any atom is 0.256 e. The Morgan fingerprint density at radius 2 is 2.00 bits per heavy atom. The van der Waals surface area contributed by atoms with Gasteiger partial charge in [-0.1, -0.05) is 0 Å². The molecule has 0 aromatic rings. The van der Waals surface area contributed by atoms with Gasteiger partial charge in [-0.3, -0.25) is 0 Å². The zero-order valence-electron chi connectivity index (χ0n) is 8.32. The van der Waals surface area contributed by atoms with Gasteiger partial charge in [0.25, 0.3) is 6.43 Å². The molecule has 0 amide bonds. The number of alkyl halides is 2. The first-order chi connectivity index (χ1) is 6.10. The molecule has 0 aromatic heterocycles. The van der Waals surface area contributed by atoms with E-state index in [9.17, 15) is 8.78 Å². The Labute approximate surface area is 78.3 Å². The Bertz CT molecular complexity index is 164. The van der Waals surface area contributed by atoms with Crippen molar-refractivity contribution < 1.29 is 8.78 Å². The highest BCUT2D eigenvalue weighted by Crippen LogP contribution is 2.27. The number of hydrogen-bond donors (Lipinski definition) is 1. The monoisotopic (exact) mass is 192 g/mol. The molecule has 0 aliphatic carbocycles. The molecule has 1 atom stereocenters. The summed E-state index contributed by atoms with van der Waals surface area (Å²) in [5.41, 5.74) is -0.940. The van der Waals surface area contributed by atoms with Gasteiger partial charge in [-0.05, 0) is 46.4 Å². The van der Waals surface area contributed by atoms with Crippen molar-refractivity contribution in [1.29, 1.82) is 0 Å². The van der Waals surface area contributed by atoms with Crippen LogP contribution in [0.5, 0.6) is 0 Å². The molecule has 0 saturated carbocycles. The van der Waals surface area contributed by atoms with Gasteiger partial charge >= 0.3 is 0 Å². The van der Waals surface area contributed by atoms with E-state index in [1.165, 1.54) is 0 Å². The van der Waals surface area contributed by atoms with E-state index < -0.39 is 12.0 Å². The van der Waals surface area contributed by atoms with Crippen molar-refractivity contribution >= 4 is 0 Å². The molecular weight excluding hydrogens is 174 g/mol. The first-order valence-corrected chi connectivity index (χ1v) is 4.76. The van der Waals surface area contributed by atoms with Crippen molar-refractivity contribution in [3.63, 3.8) is 0 Å². The maximum atomic E-state index is 12.8. The van der Waals surface area contributed by atoms with Crippen LogP contribution in [0, 0.1) is 0 Å². The molecule has 78 valence electrons. The second-order valence-corrected chi connectivity index (χ2v) is 3.86. The van der Waals surface area contributed by atoms with Crippen molar-refractivity contribution in [1.82, 2.24) is 10.2 Å². The average molecular weight is 192 g/mol. The Balaban J connectivity index is 2.64. The minimum atomic E-state index is -2.26. The Kier molecular flexibility index (Phi) is 3.62. The van der Waals surface area contributed by atoms with E-state index in [-0.39, 0.29) is 0 Å². The predicted molar refractivity (Wildman–Crippen MR) is 49.1 cm³/mol. The molecule has 1 rings (SSSR count). The molecule has 0 radical (unpaired) electrons. The van der Waals surface area contributed by atoms with Crippen LogP contribution in [0.1, 0.15) is 19.3 Å². The van der Waals surface area contributed by atoms with Gasteiger partial charge in [0.15, 0.2) is 0 Å². The molecule has 1 unspecified atom stereocenters. The predicted octanol–water partition coefficient (Wildman–Crippen LogP) is 1.33. The molecule has 2 nitrogen and oxygen atoms in total.